The van der Waals surface area contributed by atoms with Crippen LogP contribution in [0, 0.1) is 5.92 Å². The molecule has 2 unspecified atom stereocenters. The fourth-order valence-corrected chi connectivity index (χ4v) is 3.31. The Labute approximate surface area is 100 Å². The molecule has 2 nitrogen and oxygen atoms in total. The van der Waals surface area contributed by atoms with Crippen LogP contribution >= 0.6 is 15.9 Å². The molecule has 1 aliphatic carbocycles. The van der Waals surface area contributed by atoms with Gasteiger partial charge >= 0.3 is 0 Å². The third-order valence-corrected chi connectivity index (χ3v) is 4.25. The molecule has 0 saturated heterocycles. The van der Waals surface area contributed by atoms with Crippen LogP contribution in [0.1, 0.15) is 37.9 Å². The number of nitrogens with zero attached hydrogens (tertiary/aromatic N) is 2. The van der Waals surface area contributed by atoms with Gasteiger partial charge in [0.2, 0.25) is 0 Å². The molecule has 1 heterocycles. The number of alkyl halides is 1. The molecule has 2 rings (SSSR count). The van der Waals surface area contributed by atoms with Gasteiger partial charge < -0.3 is 4.57 Å². The summed E-state index contributed by atoms with van der Waals surface area (Å²) < 4.78 is 2.13. The Morgan fingerprint density at radius 2 is 2.40 bits per heavy atom. The van der Waals surface area contributed by atoms with E-state index in [4.69, 9.17) is 0 Å². The smallest absolute Gasteiger partial charge is 0.108 e. The maximum atomic E-state index is 4.37. The minimum atomic E-state index is 0.762. The first-order chi connectivity index (χ1) is 7.25. The van der Waals surface area contributed by atoms with E-state index in [9.17, 15) is 0 Å². The van der Waals surface area contributed by atoms with Crippen LogP contribution in [0.15, 0.2) is 12.4 Å². The van der Waals surface area contributed by atoms with E-state index in [2.05, 4.69) is 32.5 Å². The molecule has 0 spiro atoms. The molecule has 1 fully saturated rings. The molecule has 15 heavy (non-hydrogen) atoms. The van der Waals surface area contributed by atoms with Gasteiger partial charge in [0.1, 0.15) is 5.82 Å². The summed E-state index contributed by atoms with van der Waals surface area (Å²) in [6.07, 6.45) is 11.9. The Morgan fingerprint density at radius 3 is 3.07 bits per heavy atom. The number of imidazole rings is 1. The highest BCUT2D eigenvalue weighted by Crippen LogP contribution is 2.31. The van der Waals surface area contributed by atoms with Gasteiger partial charge in [-0.3, -0.25) is 0 Å². The number of halogens is 1. The largest absolute Gasteiger partial charge is 0.338 e. The molecule has 2 atom stereocenters. The van der Waals surface area contributed by atoms with E-state index < -0.39 is 0 Å². The summed E-state index contributed by atoms with van der Waals surface area (Å²) >= 11 is 3.74. The van der Waals surface area contributed by atoms with Gasteiger partial charge in [0, 0.05) is 30.7 Å². The predicted molar refractivity (Wildman–Crippen MR) is 66.2 cm³/mol. The summed E-state index contributed by atoms with van der Waals surface area (Å²) in [7, 11) is 2.08. The first-order valence-electron chi connectivity index (χ1n) is 5.86. The highest BCUT2D eigenvalue weighted by molar-refractivity contribution is 9.09. The molecule has 1 aromatic heterocycles. The van der Waals surface area contributed by atoms with E-state index in [1.165, 1.54) is 37.9 Å². The van der Waals surface area contributed by atoms with E-state index in [0.29, 0.717) is 0 Å². The molecule has 1 aliphatic rings. The number of hydrogen-bond acceptors (Lipinski definition) is 1. The molecule has 0 radical (unpaired) electrons. The fraction of sp³-hybridized carbons (Fsp3) is 0.750. The average molecular weight is 271 g/mol. The summed E-state index contributed by atoms with van der Waals surface area (Å²) in [5, 5.41) is 0. The summed E-state index contributed by atoms with van der Waals surface area (Å²) in [5.41, 5.74) is 0. The zero-order valence-electron chi connectivity index (χ0n) is 9.32. The van der Waals surface area contributed by atoms with Crippen LogP contribution in [0.25, 0.3) is 0 Å². The van der Waals surface area contributed by atoms with Gasteiger partial charge in [0.15, 0.2) is 0 Å². The first kappa shape index (κ1) is 11.2. The number of hydrogen-bond donors (Lipinski definition) is 0. The van der Waals surface area contributed by atoms with E-state index in [0.717, 1.165) is 17.2 Å². The van der Waals surface area contributed by atoms with Crippen LogP contribution in [0.3, 0.4) is 0 Å². The van der Waals surface area contributed by atoms with Crippen molar-refractivity contribution < 1.29 is 0 Å². The SMILES string of the molecule is Cn1ccnc1CCC1CCCC(Br)C1. The molecule has 84 valence electrons. The molecule has 1 saturated carbocycles. The predicted octanol–water partition coefficient (Wildman–Crippen LogP) is 3.31. The Morgan fingerprint density at radius 1 is 1.53 bits per heavy atom. The summed E-state index contributed by atoms with van der Waals surface area (Å²) in [6, 6.07) is 0. The monoisotopic (exact) mass is 270 g/mol. The summed E-state index contributed by atoms with van der Waals surface area (Å²) in [5.74, 6) is 2.13. The van der Waals surface area contributed by atoms with Gasteiger partial charge in [-0.15, -0.1) is 0 Å². The van der Waals surface area contributed by atoms with E-state index in [1.54, 1.807) is 0 Å². The number of aryl methyl sites for hydroxylation is 2. The second-order valence-corrected chi connectivity index (χ2v) is 5.92. The third kappa shape index (κ3) is 3.07. The van der Waals surface area contributed by atoms with Crippen LogP contribution in [0.4, 0.5) is 0 Å². The second kappa shape index (κ2) is 5.15. The normalized spacial score (nSPS) is 26.8. The van der Waals surface area contributed by atoms with Gasteiger partial charge in [-0.25, -0.2) is 4.98 Å². The van der Waals surface area contributed by atoms with Crippen molar-refractivity contribution in [1.29, 1.82) is 0 Å². The fourth-order valence-electron chi connectivity index (χ4n) is 2.46. The van der Waals surface area contributed by atoms with Gasteiger partial charge in [-0.2, -0.15) is 0 Å². The highest BCUT2D eigenvalue weighted by Gasteiger charge is 2.19. The van der Waals surface area contributed by atoms with E-state index in [-0.39, 0.29) is 0 Å². The molecule has 0 amide bonds. The lowest BCUT2D eigenvalue weighted by Gasteiger charge is -2.25. The quantitative estimate of drug-likeness (QED) is 0.771. The molecule has 0 aromatic carbocycles. The van der Waals surface area contributed by atoms with Gasteiger partial charge in [0.05, 0.1) is 0 Å². The molecular formula is C12H19BrN2. The number of rotatable bonds is 3. The van der Waals surface area contributed by atoms with Crippen LogP contribution in [-0.2, 0) is 13.5 Å². The van der Waals surface area contributed by atoms with Crippen molar-refractivity contribution in [2.45, 2.75) is 43.4 Å². The average Bonchev–Trinajstić information content (AvgIpc) is 2.61. The van der Waals surface area contributed by atoms with Gasteiger partial charge in [-0.1, -0.05) is 28.8 Å². The standard InChI is InChI=1S/C12H19BrN2/c1-15-8-7-14-12(15)6-5-10-3-2-4-11(13)9-10/h7-8,10-11H,2-6,9H2,1H3. The third-order valence-electron chi connectivity index (χ3n) is 3.42. The second-order valence-electron chi connectivity index (χ2n) is 4.62. The molecular weight excluding hydrogens is 252 g/mol. The van der Waals surface area contributed by atoms with Gasteiger partial charge in [0.25, 0.3) is 0 Å². The zero-order chi connectivity index (χ0) is 10.7. The summed E-state index contributed by atoms with van der Waals surface area (Å²) in [6.45, 7) is 0. The van der Waals surface area contributed by atoms with Crippen molar-refractivity contribution in [2.24, 2.45) is 13.0 Å². The van der Waals surface area contributed by atoms with Crippen molar-refractivity contribution in [3.63, 3.8) is 0 Å². The van der Waals surface area contributed by atoms with Crippen molar-refractivity contribution in [2.75, 3.05) is 0 Å². The zero-order valence-corrected chi connectivity index (χ0v) is 10.9. The molecule has 3 heteroatoms. The van der Waals surface area contributed by atoms with Crippen LogP contribution in [0.5, 0.6) is 0 Å². The molecule has 1 aromatic rings. The topological polar surface area (TPSA) is 17.8 Å². The maximum Gasteiger partial charge on any atom is 0.108 e. The lowest BCUT2D eigenvalue weighted by molar-refractivity contribution is 0.346. The van der Waals surface area contributed by atoms with Crippen molar-refractivity contribution >= 4 is 15.9 Å². The van der Waals surface area contributed by atoms with Crippen LogP contribution in [-0.4, -0.2) is 14.4 Å². The molecule has 0 aliphatic heterocycles. The van der Waals surface area contributed by atoms with Crippen molar-refractivity contribution in [3.8, 4) is 0 Å². The Bertz CT molecular complexity index is 308. The Kier molecular flexibility index (Phi) is 3.84. The molecule has 0 bridgehead atoms. The Hall–Kier alpha value is -0.310. The van der Waals surface area contributed by atoms with E-state index in [1.807, 2.05) is 12.4 Å². The van der Waals surface area contributed by atoms with Gasteiger partial charge in [-0.05, 0) is 25.2 Å². The van der Waals surface area contributed by atoms with Crippen molar-refractivity contribution in [1.82, 2.24) is 9.55 Å². The summed E-state index contributed by atoms with van der Waals surface area (Å²) in [4.78, 5) is 5.13. The maximum absolute atomic E-state index is 4.37. The van der Waals surface area contributed by atoms with E-state index >= 15 is 0 Å². The minimum Gasteiger partial charge on any atom is -0.338 e. The lowest BCUT2D eigenvalue weighted by atomic mass is 9.86. The minimum absolute atomic E-state index is 0.762. The Balaban J connectivity index is 1.80. The molecule has 0 N–H and O–H groups in total. The highest BCUT2D eigenvalue weighted by atomic mass is 79.9. The van der Waals surface area contributed by atoms with Crippen LogP contribution < -0.4 is 0 Å². The first-order valence-corrected chi connectivity index (χ1v) is 6.77. The number of aromatic nitrogens is 2. The van der Waals surface area contributed by atoms with Crippen LogP contribution in [0.2, 0.25) is 0 Å². The van der Waals surface area contributed by atoms with Crippen molar-refractivity contribution in [3.05, 3.63) is 18.2 Å². The lowest BCUT2D eigenvalue weighted by Crippen LogP contribution is -2.16.